The van der Waals surface area contributed by atoms with Gasteiger partial charge in [-0.1, -0.05) is 18.2 Å². The molecule has 0 aliphatic rings. The molecule has 0 amide bonds. The number of hydrogen-bond acceptors (Lipinski definition) is 5. The number of hydrogen-bond donors (Lipinski definition) is 2. The van der Waals surface area contributed by atoms with Gasteiger partial charge in [-0.05, 0) is 42.1 Å². The van der Waals surface area contributed by atoms with Crippen molar-refractivity contribution in [2.24, 2.45) is 7.05 Å². The van der Waals surface area contributed by atoms with Crippen molar-refractivity contribution in [3.8, 4) is 22.6 Å². The molecule has 0 atom stereocenters. The van der Waals surface area contributed by atoms with E-state index in [-0.39, 0.29) is 11.4 Å². The second-order valence-electron chi connectivity index (χ2n) is 6.54. The van der Waals surface area contributed by atoms with Gasteiger partial charge in [0.1, 0.15) is 17.1 Å². The lowest BCUT2D eigenvalue weighted by atomic mass is 10.0. The number of pyridine rings is 1. The Morgan fingerprint density at radius 2 is 2.04 bits per heavy atom. The van der Waals surface area contributed by atoms with Crippen molar-refractivity contribution in [3.63, 3.8) is 0 Å². The molecule has 0 saturated carbocycles. The number of fused-ring (bicyclic) bond motifs is 1. The van der Waals surface area contributed by atoms with Crippen LogP contribution in [0.15, 0.2) is 48.0 Å². The van der Waals surface area contributed by atoms with Gasteiger partial charge in [-0.25, -0.2) is 9.97 Å². The molecule has 0 saturated heterocycles. The van der Waals surface area contributed by atoms with E-state index in [1.54, 1.807) is 23.0 Å². The molecular weight excluding hydrogens is 376 g/mol. The fourth-order valence-electron chi connectivity index (χ4n) is 3.10. The maximum absolute atomic E-state index is 12.1. The summed E-state index contributed by atoms with van der Waals surface area (Å²) >= 11 is 6.42. The van der Waals surface area contributed by atoms with Crippen molar-refractivity contribution in [2.45, 2.75) is 6.92 Å². The number of aryl methyl sites for hydroxylation is 1. The Labute approximate surface area is 165 Å². The van der Waals surface area contributed by atoms with Gasteiger partial charge in [0.05, 0.1) is 16.1 Å². The highest BCUT2D eigenvalue weighted by molar-refractivity contribution is 6.35. The molecule has 8 heteroatoms. The third kappa shape index (κ3) is 2.95. The van der Waals surface area contributed by atoms with Gasteiger partial charge in [0, 0.05) is 25.0 Å². The summed E-state index contributed by atoms with van der Waals surface area (Å²) in [5.74, 6) is 0.278. The van der Waals surface area contributed by atoms with E-state index in [1.165, 1.54) is 0 Å². The molecule has 0 fully saturated rings. The minimum atomic E-state index is -0.245. The normalized spacial score (nSPS) is 11.1. The Morgan fingerprint density at radius 1 is 1.25 bits per heavy atom. The molecule has 28 heavy (non-hydrogen) atoms. The zero-order valence-electron chi connectivity index (χ0n) is 15.3. The predicted molar refractivity (Wildman–Crippen MR) is 112 cm³/mol. The van der Waals surface area contributed by atoms with Crippen LogP contribution in [-0.2, 0) is 7.05 Å². The van der Waals surface area contributed by atoms with Crippen LogP contribution in [0.3, 0.4) is 0 Å². The molecule has 0 bridgehead atoms. The molecule has 0 spiro atoms. The molecule has 0 aliphatic heterocycles. The first-order valence-corrected chi connectivity index (χ1v) is 8.87. The quantitative estimate of drug-likeness (QED) is 0.554. The molecule has 3 heterocycles. The molecule has 1 aromatic carbocycles. The summed E-state index contributed by atoms with van der Waals surface area (Å²) in [7, 11) is 1.82. The predicted octanol–water partition coefficient (Wildman–Crippen LogP) is 3.65. The van der Waals surface area contributed by atoms with Crippen LogP contribution < -0.4 is 11.3 Å². The second-order valence-corrected chi connectivity index (χ2v) is 6.95. The van der Waals surface area contributed by atoms with Crippen LogP contribution in [0.5, 0.6) is 0 Å². The van der Waals surface area contributed by atoms with E-state index in [4.69, 9.17) is 22.3 Å². The fraction of sp³-hybridized carbons (Fsp3) is 0.100. The number of allylic oxidation sites excluding steroid dienone is 1. The van der Waals surface area contributed by atoms with Gasteiger partial charge in [0.25, 0.3) is 5.56 Å². The topological polar surface area (TPSA) is 102 Å². The Bertz CT molecular complexity index is 1300. The van der Waals surface area contributed by atoms with E-state index in [1.807, 2.05) is 32.3 Å². The van der Waals surface area contributed by atoms with Crippen LogP contribution in [0.4, 0.5) is 5.82 Å². The number of nitrogens with zero attached hydrogens (tertiary/aromatic N) is 4. The number of anilines is 1. The van der Waals surface area contributed by atoms with Crippen LogP contribution in [0, 0.1) is 0 Å². The van der Waals surface area contributed by atoms with Crippen molar-refractivity contribution in [2.75, 3.05) is 5.73 Å². The van der Waals surface area contributed by atoms with Gasteiger partial charge < -0.3 is 10.7 Å². The fourth-order valence-corrected chi connectivity index (χ4v) is 3.41. The lowest BCUT2D eigenvalue weighted by Crippen LogP contribution is -2.06. The molecule has 0 aliphatic carbocycles. The zero-order chi connectivity index (χ0) is 20.0. The molecule has 0 unspecified atom stereocenters. The van der Waals surface area contributed by atoms with Crippen molar-refractivity contribution >= 4 is 33.8 Å². The molecule has 4 aromatic rings. The maximum Gasteiger partial charge on any atom is 0.257 e. The van der Waals surface area contributed by atoms with Crippen LogP contribution in [0.1, 0.15) is 12.6 Å². The molecule has 4 rings (SSSR count). The molecule has 3 N–H and O–H groups in total. The molecular formula is C20H17ClN6O. The van der Waals surface area contributed by atoms with E-state index < -0.39 is 0 Å². The highest BCUT2D eigenvalue weighted by Gasteiger charge is 2.19. The molecule has 3 aromatic heterocycles. The number of benzene rings is 1. The van der Waals surface area contributed by atoms with Crippen molar-refractivity contribution in [1.82, 2.24) is 24.7 Å². The van der Waals surface area contributed by atoms with Gasteiger partial charge in [0.15, 0.2) is 5.82 Å². The number of nitrogens with one attached hydrogen (secondary N) is 1. The number of nitrogens with two attached hydrogens (primary N) is 1. The number of aromatic amines is 1. The van der Waals surface area contributed by atoms with E-state index in [9.17, 15) is 4.79 Å². The van der Waals surface area contributed by atoms with Gasteiger partial charge in [-0.2, -0.15) is 5.10 Å². The van der Waals surface area contributed by atoms with Gasteiger partial charge in [-0.15, -0.1) is 0 Å². The molecule has 140 valence electrons. The van der Waals surface area contributed by atoms with Gasteiger partial charge in [0.2, 0.25) is 0 Å². The average molecular weight is 393 g/mol. The van der Waals surface area contributed by atoms with E-state index in [0.29, 0.717) is 49.7 Å². The number of H-pyrrole nitrogens is 1. The highest BCUT2D eigenvalue weighted by Crippen LogP contribution is 2.34. The van der Waals surface area contributed by atoms with Crippen LogP contribution in [-0.4, -0.2) is 24.7 Å². The number of rotatable bonds is 3. The van der Waals surface area contributed by atoms with Crippen molar-refractivity contribution in [1.29, 1.82) is 0 Å². The summed E-state index contributed by atoms with van der Waals surface area (Å²) in [6.45, 7) is 5.75. The first-order valence-electron chi connectivity index (χ1n) is 8.50. The lowest BCUT2D eigenvalue weighted by Gasteiger charge is -2.13. The van der Waals surface area contributed by atoms with E-state index in [0.717, 1.165) is 0 Å². The minimum Gasteiger partial charge on any atom is -0.382 e. The summed E-state index contributed by atoms with van der Waals surface area (Å²) in [6.07, 6.45) is 3.40. The maximum atomic E-state index is 12.1. The van der Waals surface area contributed by atoms with E-state index in [2.05, 4.69) is 21.6 Å². The van der Waals surface area contributed by atoms with Gasteiger partial charge in [-0.3, -0.25) is 9.48 Å². The first-order chi connectivity index (χ1) is 13.3. The summed E-state index contributed by atoms with van der Waals surface area (Å²) < 4.78 is 1.68. The third-order valence-electron chi connectivity index (χ3n) is 4.38. The standard InChI is InChI=1S/C20H17ClN6O/c1-10(2)16-19(22)25-18(14-5-7-27(3)26-14)17(24-16)12-8-11-4-6-23-20(28)15(11)13(21)9-12/h4-9H,1H2,2-3H3,(H2,22,25)(H,23,28). The van der Waals surface area contributed by atoms with Crippen LogP contribution in [0.2, 0.25) is 5.02 Å². The average Bonchev–Trinajstić information content (AvgIpc) is 3.07. The summed E-state index contributed by atoms with van der Waals surface area (Å²) in [6, 6.07) is 7.18. The minimum absolute atomic E-state index is 0.245. The zero-order valence-corrected chi connectivity index (χ0v) is 16.1. The Morgan fingerprint density at radius 3 is 2.71 bits per heavy atom. The highest BCUT2D eigenvalue weighted by atomic mass is 35.5. The largest absolute Gasteiger partial charge is 0.382 e. The lowest BCUT2D eigenvalue weighted by molar-refractivity contribution is 0.770. The van der Waals surface area contributed by atoms with Gasteiger partial charge >= 0.3 is 0 Å². The summed E-state index contributed by atoms with van der Waals surface area (Å²) in [4.78, 5) is 24.0. The third-order valence-corrected chi connectivity index (χ3v) is 4.68. The molecule has 0 radical (unpaired) electrons. The first kappa shape index (κ1) is 17.9. The number of halogens is 1. The van der Waals surface area contributed by atoms with Crippen molar-refractivity contribution in [3.05, 3.63) is 64.3 Å². The molecule has 7 nitrogen and oxygen atoms in total. The Kier molecular flexibility index (Phi) is 4.24. The van der Waals surface area contributed by atoms with Crippen molar-refractivity contribution < 1.29 is 0 Å². The second kappa shape index (κ2) is 6.61. The smallest absolute Gasteiger partial charge is 0.257 e. The Balaban J connectivity index is 2.06. The van der Waals surface area contributed by atoms with Crippen LogP contribution >= 0.6 is 11.6 Å². The summed E-state index contributed by atoms with van der Waals surface area (Å²) in [5, 5.41) is 5.89. The van der Waals surface area contributed by atoms with E-state index >= 15 is 0 Å². The number of nitrogen functional groups attached to an aromatic ring is 1. The monoisotopic (exact) mass is 392 g/mol. The van der Waals surface area contributed by atoms with Crippen LogP contribution in [0.25, 0.3) is 39.0 Å². The number of aromatic nitrogens is 5. The Hall–Kier alpha value is -3.45. The SMILES string of the molecule is C=C(C)c1nc(-c2cc(Cl)c3c(=O)[nH]ccc3c2)c(-c2ccn(C)n2)nc1N. The summed E-state index contributed by atoms with van der Waals surface area (Å²) in [5.41, 5.74) is 9.51.